The Morgan fingerprint density at radius 1 is 1.36 bits per heavy atom. The van der Waals surface area contributed by atoms with E-state index in [4.69, 9.17) is 10.5 Å². The van der Waals surface area contributed by atoms with Crippen LogP contribution in [-0.2, 0) is 9.53 Å². The minimum atomic E-state index is -0.210. The third kappa shape index (κ3) is 1.79. The average Bonchev–Trinajstić information content (AvgIpc) is 2.56. The summed E-state index contributed by atoms with van der Waals surface area (Å²) < 4.78 is 4.84. The first-order chi connectivity index (χ1) is 6.75. The van der Waals surface area contributed by atoms with E-state index in [2.05, 4.69) is 5.32 Å². The third-order valence-electron chi connectivity index (χ3n) is 2.19. The number of esters is 1. The maximum atomic E-state index is 11.1. The SMILES string of the molecule is Nc1ccc(NC2CCOC2=O)cc1. The van der Waals surface area contributed by atoms with Crippen molar-refractivity contribution in [1.82, 2.24) is 0 Å². The smallest absolute Gasteiger partial charge is 0.328 e. The van der Waals surface area contributed by atoms with Gasteiger partial charge in [-0.05, 0) is 24.3 Å². The molecule has 1 aromatic rings. The number of rotatable bonds is 2. The Bertz CT molecular complexity index is 334. The molecule has 1 unspecified atom stereocenters. The minimum Gasteiger partial charge on any atom is -0.464 e. The first kappa shape index (κ1) is 8.87. The van der Waals surface area contributed by atoms with Crippen molar-refractivity contribution in [3.63, 3.8) is 0 Å². The number of carbonyl (C=O) groups excluding carboxylic acids is 1. The zero-order valence-corrected chi connectivity index (χ0v) is 7.69. The van der Waals surface area contributed by atoms with E-state index in [0.717, 1.165) is 12.1 Å². The molecule has 0 spiro atoms. The number of carbonyl (C=O) groups is 1. The van der Waals surface area contributed by atoms with E-state index in [9.17, 15) is 4.79 Å². The molecule has 3 N–H and O–H groups in total. The van der Waals surface area contributed by atoms with Crippen molar-refractivity contribution in [1.29, 1.82) is 0 Å². The zero-order chi connectivity index (χ0) is 9.97. The summed E-state index contributed by atoms with van der Waals surface area (Å²) in [5, 5.41) is 3.09. The molecule has 1 fully saturated rings. The lowest BCUT2D eigenvalue weighted by molar-refractivity contribution is -0.138. The van der Waals surface area contributed by atoms with Crippen LogP contribution in [0.1, 0.15) is 6.42 Å². The largest absolute Gasteiger partial charge is 0.464 e. The summed E-state index contributed by atoms with van der Waals surface area (Å²) in [6, 6.07) is 7.08. The molecule has 0 saturated carbocycles. The van der Waals surface area contributed by atoms with Gasteiger partial charge in [-0.3, -0.25) is 0 Å². The predicted molar refractivity (Wildman–Crippen MR) is 53.8 cm³/mol. The Morgan fingerprint density at radius 3 is 2.64 bits per heavy atom. The van der Waals surface area contributed by atoms with Crippen LogP contribution in [0.4, 0.5) is 11.4 Å². The second kappa shape index (κ2) is 3.57. The molecule has 0 aromatic heterocycles. The van der Waals surface area contributed by atoms with Crippen LogP contribution in [0.3, 0.4) is 0 Å². The molecule has 0 bridgehead atoms. The molecule has 1 atom stereocenters. The molecule has 4 heteroatoms. The minimum absolute atomic E-state index is 0.179. The number of hydrogen-bond acceptors (Lipinski definition) is 4. The van der Waals surface area contributed by atoms with E-state index >= 15 is 0 Å². The maximum Gasteiger partial charge on any atom is 0.328 e. The van der Waals surface area contributed by atoms with Crippen LogP contribution in [0.5, 0.6) is 0 Å². The number of cyclic esters (lactones) is 1. The van der Waals surface area contributed by atoms with Gasteiger partial charge in [-0.15, -0.1) is 0 Å². The lowest BCUT2D eigenvalue weighted by atomic mass is 10.2. The van der Waals surface area contributed by atoms with Crippen LogP contribution in [0.2, 0.25) is 0 Å². The summed E-state index contributed by atoms with van der Waals surface area (Å²) in [4.78, 5) is 11.1. The van der Waals surface area contributed by atoms with Crippen LogP contribution in [0.15, 0.2) is 24.3 Å². The molecule has 0 aliphatic carbocycles. The lowest BCUT2D eigenvalue weighted by Crippen LogP contribution is -2.24. The summed E-state index contributed by atoms with van der Waals surface area (Å²) in [7, 11) is 0. The molecule has 4 nitrogen and oxygen atoms in total. The van der Waals surface area contributed by atoms with Gasteiger partial charge in [0.1, 0.15) is 6.04 Å². The monoisotopic (exact) mass is 192 g/mol. The molecule has 1 aromatic carbocycles. The van der Waals surface area contributed by atoms with Gasteiger partial charge in [0, 0.05) is 17.8 Å². The first-order valence-electron chi connectivity index (χ1n) is 4.54. The van der Waals surface area contributed by atoms with Gasteiger partial charge in [0.15, 0.2) is 0 Å². The van der Waals surface area contributed by atoms with Crippen LogP contribution in [-0.4, -0.2) is 18.6 Å². The molecule has 74 valence electrons. The van der Waals surface area contributed by atoms with Crippen molar-refractivity contribution in [2.45, 2.75) is 12.5 Å². The van der Waals surface area contributed by atoms with Crippen molar-refractivity contribution in [3.8, 4) is 0 Å². The molecule has 14 heavy (non-hydrogen) atoms. The lowest BCUT2D eigenvalue weighted by Gasteiger charge is -2.09. The number of hydrogen-bond donors (Lipinski definition) is 2. The Morgan fingerprint density at radius 2 is 2.07 bits per heavy atom. The highest BCUT2D eigenvalue weighted by molar-refractivity contribution is 5.81. The number of nitrogen functional groups attached to an aromatic ring is 1. The number of ether oxygens (including phenoxy) is 1. The molecule has 1 aliphatic heterocycles. The van der Waals surface area contributed by atoms with Crippen molar-refractivity contribution >= 4 is 17.3 Å². The van der Waals surface area contributed by atoms with Gasteiger partial charge in [-0.1, -0.05) is 0 Å². The molecule has 1 heterocycles. The predicted octanol–water partition coefficient (Wildman–Crippen LogP) is 0.996. The van der Waals surface area contributed by atoms with Gasteiger partial charge < -0.3 is 15.8 Å². The Labute approximate surface area is 82.1 Å². The first-order valence-corrected chi connectivity index (χ1v) is 4.54. The van der Waals surface area contributed by atoms with E-state index in [-0.39, 0.29) is 12.0 Å². The highest BCUT2D eigenvalue weighted by Gasteiger charge is 2.25. The molecule has 0 radical (unpaired) electrons. The molecule has 1 aliphatic rings. The standard InChI is InChI=1S/C10H12N2O2/c11-7-1-3-8(4-2-7)12-9-5-6-14-10(9)13/h1-4,9,12H,5-6,11H2. The Hall–Kier alpha value is -1.71. The fourth-order valence-corrected chi connectivity index (χ4v) is 1.41. The maximum absolute atomic E-state index is 11.1. The summed E-state index contributed by atoms with van der Waals surface area (Å²) in [5.41, 5.74) is 7.15. The zero-order valence-electron chi connectivity index (χ0n) is 7.69. The fraction of sp³-hybridized carbons (Fsp3) is 0.300. The third-order valence-corrected chi connectivity index (χ3v) is 2.19. The second-order valence-corrected chi connectivity index (χ2v) is 3.28. The van der Waals surface area contributed by atoms with Gasteiger partial charge in [0.25, 0.3) is 0 Å². The normalized spacial score (nSPS) is 20.6. The Kier molecular flexibility index (Phi) is 2.26. The molecule has 0 amide bonds. The van der Waals surface area contributed by atoms with Crippen LogP contribution < -0.4 is 11.1 Å². The quantitative estimate of drug-likeness (QED) is 0.542. The summed E-state index contributed by atoms with van der Waals surface area (Å²) in [5.74, 6) is -0.179. The van der Waals surface area contributed by atoms with Crippen molar-refractivity contribution in [3.05, 3.63) is 24.3 Å². The summed E-state index contributed by atoms with van der Waals surface area (Å²) >= 11 is 0. The highest BCUT2D eigenvalue weighted by atomic mass is 16.5. The van der Waals surface area contributed by atoms with E-state index < -0.39 is 0 Å². The van der Waals surface area contributed by atoms with E-state index in [1.165, 1.54) is 0 Å². The van der Waals surface area contributed by atoms with Crippen LogP contribution in [0.25, 0.3) is 0 Å². The van der Waals surface area contributed by atoms with Crippen LogP contribution >= 0.6 is 0 Å². The van der Waals surface area contributed by atoms with Gasteiger partial charge in [0.2, 0.25) is 0 Å². The van der Waals surface area contributed by atoms with Gasteiger partial charge >= 0.3 is 5.97 Å². The number of anilines is 2. The molecule has 2 rings (SSSR count). The average molecular weight is 192 g/mol. The van der Waals surface area contributed by atoms with Crippen molar-refractivity contribution in [2.75, 3.05) is 17.7 Å². The summed E-state index contributed by atoms with van der Waals surface area (Å²) in [6.07, 6.45) is 0.725. The number of nitrogens with two attached hydrogens (primary N) is 1. The van der Waals surface area contributed by atoms with E-state index in [1.807, 2.05) is 12.1 Å². The molecular weight excluding hydrogens is 180 g/mol. The van der Waals surface area contributed by atoms with E-state index in [0.29, 0.717) is 12.3 Å². The molecule has 1 saturated heterocycles. The second-order valence-electron chi connectivity index (χ2n) is 3.28. The highest BCUT2D eigenvalue weighted by Crippen LogP contribution is 2.16. The number of nitrogens with one attached hydrogen (secondary N) is 1. The van der Waals surface area contributed by atoms with Gasteiger partial charge in [-0.2, -0.15) is 0 Å². The molecular formula is C10H12N2O2. The van der Waals surface area contributed by atoms with Gasteiger partial charge in [-0.25, -0.2) is 4.79 Å². The fourth-order valence-electron chi connectivity index (χ4n) is 1.41. The van der Waals surface area contributed by atoms with Crippen molar-refractivity contribution in [2.24, 2.45) is 0 Å². The Balaban J connectivity index is 2.03. The van der Waals surface area contributed by atoms with Crippen molar-refractivity contribution < 1.29 is 9.53 Å². The van der Waals surface area contributed by atoms with E-state index in [1.54, 1.807) is 12.1 Å². The van der Waals surface area contributed by atoms with Crippen LogP contribution in [0, 0.1) is 0 Å². The van der Waals surface area contributed by atoms with Gasteiger partial charge in [0.05, 0.1) is 6.61 Å². The number of benzene rings is 1. The summed E-state index contributed by atoms with van der Waals surface area (Å²) in [6.45, 7) is 0.505. The topological polar surface area (TPSA) is 64.3 Å².